The van der Waals surface area contributed by atoms with E-state index in [1.807, 2.05) is 12.3 Å². The standard InChI is InChI=1S/C18H25N3O3S/c1-11-19-13(10-25-11)8-16(23)24-9-15(22)21-20-14-7-12-5-6-18(14,4)17(12,2)3/h10,12H,5-9H2,1-4H3,(H,21,22)/b20-14+. The van der Waals surface area contributed by atoms with Gasteiger partial charge in [-0.1, -0.05) is 20.8 Å². The molecule has 0 radical (unpaired) electrons. The Morgan fingerprint density at radius 1 is 1.44 bits per heavy atom. The number of thiazole rings is 1. The molecule has 136 valence electrons. The highest BCUT2D eigenvalue weighted by Crippen LogP contribution is 2.63. The number of hydrogen-bond donors (Lipinski definition) is 1. The lowest BCUT2D eigenvalue weighted by molar-refractivity contribution is -0.147. The van der Waals surface area contributed by atoms with E-state index < -0.39 is 11.9 Å². The molecule has 2 aliphatic carbocycles. The van der Waals surface area contributed by atoms with Crippen LogP contribution in [0, 0.1) is 23.7 Å². The molecule has 1 aromatic heterocycles. The molecule has 6 nitrogen and oxygen atoms in total. The van der Waals surface area contributed by atoms with Gasteiger partial charge in [-0.15, -0.1) is 11.3 Å². The number of nitrogens with zero attached hydrogens (tertiary/aromatic N) is 2. The largest absolute Gasteiger partial charge is 0.455 e. The molecule has 2 unspecified atom stereocenters. The molecule has 0 aliphatic heterocycles. The van der Waals surface area contributed by atoms with E-state index in [1.54, 1.807) is 0 Å². The Balaban J connectivity index is 1.48. The van der Waals surface area contributed by atoms with Gasteiger partial charge in [0.1, 0.15) is 0 Å². The molecule has 0 saturated heterocycles. The fourth-order valence-corrected chi connectivity index (χ4v) is 4.71. The van der Waals surface area contributed by atoms with Crippen LogP contribution in [0.3, 0.4) is 0 Å². The van der Waals surface area contributed by atoms with E-state index in [-0.39, 0.29) is 23.9 Å². The minimum Gasteiger partial charge on any atom is -0.455 e. The molecule has 2 bridgehead atoms. The average Bonchev–Trinajstić information content (AvgIpc) is 3.11. The first-order valence-electron chi connectivity index (χ1n) is 8.65. The van der Waals surface area contributed by atoms with E-state index in [1.165, 1.54) is 17.8 Å². The van der Waals surface area contributed by atoms with Gasteiger partial charge in [-0.05, 0) is 37.5 Å². The van der Waals surface area contributed by atoms with Crippen molar-refractivity contribution in [1.82, 2.24) is 10.4 Å². The number of aromatic nitrogens is 1. The van der Waals surface area contributed by atoms with Crippen molar-refractivity contribution in [3.63, 3.8) is 0 Å². The summed E-state index contributed by atoms with van der Waals surface area (Å²) in [4.78, 5) is 27.9. The van der Waals surface area contributed by atoms with Crippen LogP contribution in [-0.2, 0) is 20.7 Å². The summed E-state index contributed by atoms with van der Waals surface area (Å²) in [6.07, 6.45) is 3.36. The zero-order valence-electron chi connectivity index (χ0n) is 15.2. The number of carbonyl (C=O) groups excluding carboxylic acids is 2. The number of nitrogens with one attached hydrogen (secondary N) is 1. The topological polar surface area (TPSA) is 80.6 Å². The monoisotopic (exact) mass is 363 g/mol. The van der Waals surface area contributed by atoms with Crippen molar-refractivity contribution in [2.24, 2.45) is 21.8 Å². The van der Waals surface area contributed by atoms with Crippen molar-refractivity contribution in [2.75, 3.05) is 6.61 Å². The highest BCUT2D eigenvalue weighted by Gasteiger charge is 2.59. The molecular formula is C18H25N3O3S. The van der Waals surface area contributed by atoms with Crippen molar-refractivity contribution < 1.29 is 14.3 Å². The molecule has 7 heteroatoms. The van der Waals surface area contributed by atoms with Gasteiger partial charge in [-0.3, -0.25) is 9.59 Å². The van der Waals surface area contributed by atoms with Gasteiger partial charge in [-0.2, -0.15) is 5.10 Å². The Morgan fingerprint density at radius 2 is 2.20 bits per heavy atom. The lowest BCUT2D eigenvalue weighted by Crippen LogP contribution is -2.35. The second-order valence-corrected chi connectivity index (χ2v) is 8.84. The van der Waals surface area contributed by atoms with Crippen LogP contribution >= 0.6 is 11.3 Å². The summed E-state index contributed by atoms with van der Waals surface area (Å²) in [5.74, 6) is -0.229. The number of ether oxygens (including phenoxy) is 1. The predicted molar refractivity (Wildman–Crippen MR) is 96.3 cm³/mol. The zero-order chi connectivity index (χ0) is 18.2. The first kappa shape index (κ1) is 18.0. The minimum atomic E-state index is -0.457. The van der Waals surface area contributed by atoms with Crippen LogP contribution in [0.15, 0.2) is 10.5 Å². The fourth-order valence-electron chi connectivity index (χ4n) is 4.09. The quantitative estimate of drug-likeness (QED) is 0.644. The van der Waals surface area contributed by atoms with Gasteiger partial charge in [0.25, 0.3) is 5.91 Å². The Kier molecular flexibility index (Phi) is 4.70. The van der Waals surface area contributed by atoms with Gasteiger partial charge >= 0.3 is 5.97 Å². The van der Waals surface area contributed by atoms with E-state index in [9.17, 15) is 9.59 Å². The van der Waals surface area contributed by atoms with E-state index in [4.69, 9.17) is 4.74 Å². The summed E-state index contributed by atoms with van der Waals surface area (Å²) in [5.41, 5.74) is 4.55. The van der Waals surface area contributed by atoms with Crippen LogP contribution in [0.5, 0.6) is 0 Å². The Hall–Kier alpha value is -1.76. The van der Waals surface area contributed by atoms with Crippen molar-refractivity contribution >= 4 is 28.9 Å². The van der Waals surface area contributed by atoms with E-state index in [0.29, 0.717) is 11.6 Å². The minimum absolute atomic E-state index is 0.0457. The molecule has 2 saturated carbocycles. The second kappa shape index (κ2) is 6.52. The SMILES string of the molecule is Cc1nc(CC(=O)OCC(=O)N/N=C2\CC3CCC2(C)C3(C)C)cs1. The van der Waals surface area contributed by atoms with Crippen LogP contribution in [0.2, 0.25) is 0 Å². The Bertz CT molecular complexity index is 725. The van der Waals surface area contributed by atoms with Gasteiger partial charge in [-0.25, -0.2) is 10.4 Å². The summed E-state index contributed by atoms with van der Waals surface area (Å²) in [5, 5.41) is 7.07. The maximum Gasteiger partial charge on any atom is 0.312 e. The highest BCUT2D eigenvalue weighted by atomic mass is 32.1. The summed E-state index contributed by atoms with van der Waals surface area (Å²) >= 11 is 1.48. The van der Waals surface area contributed by atoms with Crippen LogP contribution in [-0.4, -0.2) is 29.2 Å². The van der Waals surface area contributed by atoms with Crippen molar-refractivity contribution in [3.8, 4) is 0 Å². The van der Waals surface area contributed by atoms with Crippen LogP contribution < -0.4 is 5.43 Å². The normalized spacial score (nSPS) is 28.3. The second-order valence-electron chi connectivity index (χ2n) is 7.78. The third kappa shape index (κ3) is 3.34. The van der Waals surface area contributed by atoms with Gasteiger partial charge in [0, 0.05) is 16.5 Å². The number of carbonyl (C=O) groups is 2. The van der Waals surface area contributed by atoms with Crippen molar-refractivity contribution in [2.45, 2.75) is 53.4 Å². The molecule has 2 atom stereocenters. The molecule has 0 aromatic carbocycles. The number of aryl methyl sites for hydroxylation is 1. The number of esters is 1. The van der Waals surface area contributed by atoms with Crippen molar-refractivity contribution in [1.29, 1.82) is 0 Å². The Morgan fingerprint density at radius 3 is 2.76 bits per heavy atom. The van der Waals surface area contributed by atoms with Gasteiger partial charge in [0.2, 0.25) is 0 Å². The molecule has 1 heterocycles. The lowest BCUT2D eigenvalue weighted by atomic mass is 9.70. The van der Waals surface area contributed by atoms with E-state index in [2.05, 4.69) is 36.3 Å². The van der Waals surface area contributed by atoms with Gasteiger partial charge in [0.15, 0.2) is 6.61 Å². The van der Waals surface area contributed by atoms with Crippen LogP contribution in [0.4, 0.5) is 0 Å². The summed E-state index contributed by atoms with van der Waals surface area (Å²) in [6, 6.07) is 0. The first-order chi connectivity index (χ1) is 11.7. The summed E-state index contributed by atoms with van der Waals surface area (Å²) < 4.78 is 5.00. The number of rotatable bonds is 5. The molecule has 25 heavy (non-hydrogen) atoms. The number of amides is 1. The molecule has 1 aromatic rings. The maximum absolute atomic E-state index is 11.9. The number of hydrogen-bond acceptors (Lipinski definition) is 6. The van der Waals surface area contributed by atoms with Crippen LogP contribution in [0.25, 0.3) is 0 Å². The fraction of sp³-hybridized carbons (Fsp3) is 0.667. The molecule has 2 aliphatic rings. The molecule has 1 amide bonds. The van der Waals surface area contributed by atoms with Gasteiger partial charge in [0.05, 0.1) is 17.1 Å². The summed E-state index contributed by atoms with van der Waals surface area (Å²) in [6.45, 7) is 8.38. The third-order valence-corrected chi connectivity index (χ3v) is 7.01. The predicted octanol–water partition coefficient (Wildman–Crippen LogP) is 2.86. The van der Waals surface area contributed by atoms with E-state index in [0.717, 1.165) is 23.6 Å². The van der Waals surface area contributed by atoms with Crippen molar-refractivity contribution in [3.05, 3.63) is 16.1 Å². The molecule has 1 N–H and O–H groups in total. The van der Waals surface area contributed by atoms with Crippen LogP contribution in [0.1, 0.15) is 50.7 Å². The molecular weight excluding hydrogens is 338 g/mol. The maximum atomic E-state index is 11.9. The van der Waals surface area contributed by atoms with E-state index >= 15 is 0 Å². The summed E-state index contributed by atoms with van der Waals surface area (Å²) in [7, 11) is 0. The lowest BCUT2D eigenvalue weighted by Gasteiger charge is -2.34. The zero-order valence-corrected chi connectivity index (χ0v) is 16.0. The number of fused-ring (bicyclic) bond motifs is 2. The smallest absolute Gasteiger partial charge is 0.312 e. The average molecular weight is 363 g/mol. The highest BCUT2D eigenvalue weighted by molar-refractivity contribution is 7.09. The number of hydrazone groups is 1. The molecule has 2 fully saturated rings. The Labute approximate surface area is 152 Å². The van der Waals surface area contributed by atoms with Gasteiger partial charge < -0.3 is 4.74 Å². The third-order valence-electron chi connectivity index (χ3n) is 6.18. The molecule has 3 rings (SSSR count). The first-order valence-corrected chi connectivity index (χ1v) is 9.53. The molecule has 0 spiro atoms.